The summed E-state index contributed by atoms with van der Waals surface area (Å²) < 4.78 is 6.84. The molecule has 5 nitrogen and oxygen atoms in total. The van der Waals surface area contributed by atoms with Crippen molar-refractivity contribution in [2.24, 2.45) is 4.99 Å². The predicted molar refractivity (Wildman–Crippen MR) is 116 cm³/mol. The number of hydrogen-bond donors (Lipinski definition) is 1. The Bertz CT molecular complexity index is 803. The molecule has 0 spiro atoms. The average Bonchev–Trinajstić information content (AvgIpc) is 2.57. The molecule has 0 fully saturated rings. The minimum atomic E-state index is -0.365. The number of carbonyl (C=O) groups is 1. The minimum Gasteiger partial charge on any atom is -0.494 e. The molecule has 6 heteroatoms. The van der Waals surface area contributed by atoms with Crippen LogP contribution in [-0.2, 0) is 4.79 Å². The highest BCUT2D eigenvalue weighted by Crippen LogP contribution is 2.24. The van der Waals surface area contributed by atoms with Gasteiger partial charge in [0.25, 0.3) is 0 Å². The highest BCUT2D eigenvalue weighted by molar-refractivity contribution is 9.10. The molecule has 0 aliphatic rings. The molecule has 1 N–H and O–H groups in total. The van der Waals surface area contributed by atoms with Gasteiger partial charge in [0.2, 0.25) is 5.91 Å². The maximum Gasteiger partial charge on any atom is 0.220 e. The van der Waals surface area contributed by atoms with Gasteiger partial charge in [0.05, 0.1) is 25.0 Å². The largest absolute Gasteiger partial charge is 0.494 e. The number of fused-ring (bicyclic) bond motifs is 1. The van der Waals surface area contributed by atoms with Crippen LogP contribution < -0.4 is 10.1 Å². The molecular weight excluding hydrogens is 406 g/mol. The molecule has 0 saturated carbocycles. The predicted octanol–water partition coefficient (Wildman–Crippen LogP) is 4.25. The van der Waals surface area contributed by atoms with E-state index >= 15 is 0 Å². The Labute approximate surface area is 169 Å². The normalized spacial score (nSPS) is 11.7. The lowest BCUT2D eigenvalue weighted by Gasteiger charge is -2.24. The smallest absolute Gasteiger partial charge is 0.220 e. The van der Waals surface area contributed by atoms with Crippen LogP contribution in [0.2, 0.25) is 0 Å². The molecule has 2 aromatic rings. The molecule has 0 bridgehead atoms. The summed E-state index contributed by atoms with van der Waals surface area (Å²) in [5.41, 5.74) is -0.365. The Morgan fingerprint density at radius 3 is 2.70 bits per heavy atom. The zero-order chi connectivity index (χ0) is 19.9. The number of rotatable bonds is 9. The van der Waals surface area contributed by atoms with E-state index in [0.717, 1.165) is 15.6 Å². The summed E-state index contributed by atoms with van der Waals surface area (Å²) in [5.74, 6) is 0.838. The molecule has 0 saturated heterocycles. The average molecular weight is 434 g/mol. The Morgan fingerprint density at radius 1 is 1.22 bits per heavy atom. The van der Waals surface area contributed by atoms with Gasteiger partial charge in [0.1, 0.15) is 5.75 Å². The van der Waals surface area contributed by atoms with Crippen LogP contribution in [0.1, 0.15) is 26.7 Å². The van der Waals surface area contributed by atoms with E-state index in [-0.39, 0.29) is 11.4 Å². The van der Waals surface area contributed by atoms with Crippen LogP contribution in [0.15, 0.2) is 45.9 Å². The van der Waals surface area contributed by atoms with Crippen LogP contribution in [0.5, 0.6) is 5.75 Å². The number of nitrogens with zero attached hydrogens (tertiary/aromatic N) is 2. The summed E-state index contributed by atoms with van der Waals surface area (Å²) in [6.45, 7) is 5.00. The van der Waals surface area contributed by atoms with Crippen molar-refractivity contribution in [1.82, 2.24) is 10.2 Å². The first-order chi connectivity index (χ1) is 12.7. The van der Waals surface area contributed by atoms with Crippen molar-refractivity contribution in [3.8, 4) is 5.75 Å². The van der Waals surface area contributed by atoms with Crippen molar-refractivity contribution in [2.45, 2.75) is 32.2 Å². The van der Waals surface area contributed by atoms with Gasteiger partial charge in [-0.05, 0) is 55.3 Å². The van der Waals surface area contributed by atoms with E-state index in [0.29, 0.717) is 26.0 Å². The van der Waals surface area contributed by atoms with Gasteiger partial charge >= 0.3 is 0 Å². The molecule has 0 aliphatic carbocycles. The third-order valence-electron chi connectivity index (χ3n) is 3.87. The number of amides is 1. The fourth-order valence-electron chi connectivity index (χ4n) is 2.62. The molecular formula is C21H28BrN3O2. The first kappa shape index (κ1) is 21.2. The molecule has 146 valence electrons. The highest BCUT2D eigenvalue weighted by atomic mass is 79.9. The number of aliphatic imine (C=N–C) groups is 1. The van der Waals surface area contributed by atoms with Crippen LogP contribution >= 0.6 is 15.9 Å². The third kappa shape index (κ3) is 7.59. The molecule has 0 unspecified atom stereocenters. The van der Waals surface area contributed by atoms with Gasteiger partial charge in [0, 0.05) is 25.0 Å². The molecule has 0 radical (unpaired) electrons. The van der Waals surface area contributed by atoms with Crippen LogP contribution in [0.25, 0.3) is 10.8 Å². The van der Waals surface area contributed by atoms with E-state index in [9.17, 15) is 4.79 Å². The monoisotopic (exact) mass is 433 g/mol. The van der Waals surface area contributed by atoms with Gasteiger partial charge in [0.15, 0.2) is 0 Å². The Morgan fingerprint density at radius 2 is 1.96 bits per heavy atom. The van der Waals surface area contributed by atoms with Crippen molar-refractivity contribution >= 4 is 38.9 Å². The van der Waals surface area contributed by atoms with Crippen molar-refractivity contribution in [1.29, 1.82) is 0 Å². The van der Waals surface area contributed by atoms with Crippen LogP contribution in [-0.4, -0.2) is 49.9 Å². The summed E-state index contributed by atoms with van der Waals surface area (Å²) in [7, 11) is 3.84. The topological polar surface area (TPSA) is 53.9 Å². The standard InChI is InChI=1S/C21H28BrN3O2/c1-21(2,14-23-15-25(3)4)24-20(26)6-5-11-27-19-10-8-16-7-9-18(22)12-17(16)13-19/h7-10,12-13,15H,5-6,11,14H2,1-4H3,(H,24,26). The van der Waals surface area contributed by atoms with Crippen molar-refractivity contribution in [3.63, 3.8) is 0 Å². The van der Waals surface area contributed by atoms with Gasteiger partial charge in [-0.3, -0.25) is 9.79 Å². The second-order valence-electron chi connectivity index (χ2n) is 7.46. The lowest BCUT2D eigenvalue weighted by molar-refractivity contribution is -0.122. The fourth-order valence-corrected chi connectivity index (χ4v) is 3.00. The summed E-state index contributed by atoms with van der Waals surface area (Å²) in [6, 6.07) is 12.2. The second-order valence-corrected chi connectivity index (χ2v) is 8.37. The molecule has 0 aromatic heterocycles. The molecule has 0 heterocycles. The summed E-state index contributed by atoms with van der Waals surface area (Å²) in [4.78, 5) is 18.3. The third-order valence-corrected chi connectivity index (χ3v) is 4.36. The summed E-state index contributed by atoms with van der Waals surface area (Å²) in [6.07, 6.45) is 2.85. The lowest BCUT2D eigenvalue weighted by atomic mass is 10.1. The summed E-state index contributed by atoms with van der Waals surface area (Å²) >= 11 is 3.49. The molecule has 2 rings (SSSR count). The van der Waals surface area contributed by atoms with E-state index in [1.54, 1.807) is 6.34 Å². The van der Waals surface area contributed by atoms with Crippen molar-refractivity contribution in [2.75, 3.05) is 27.2 Å². The van der Waals surface area contributed by atoms with Crippen LogP contribution in [0, 0.1) is 0 Å². The Hall–Kier alpha value is -2.08. The number of nitrogens with one attached hydrogen (secondary N) is 1. The van der Waals surface area contributed by atoms with E-state index in [2.05, 4.69) is 38.4 Å². The Balaban J connectivity index is 1.75. The Kier molecular flexibility index (Phi) is 7.66. The van der Waals surface area contributed by atoms with Gasteiger partial charge in [-0.25, -0.2) is 0 Å². The zero-order valence-electron chi connectivity index (χ0n) is 16.5. The zero-order valence-corrected chi connectivity index (χ0v) is 18.0. The SMILES string of the molecule is CN(C)C=NCC(C)(C)NC(=O)CCCOc1ccc2ccc(Br)cc2c1. The van der Waals surface area contributed by atoms with E-state index in [1.807, 2.05) is 57.1 Å². The second kappa shape index (κ2) is 9.74. The van der Waals surface area contributed by atoms with Crippen molar-refractivity contribution < 1.29 is 9.53 Å². The van der Waals surface area contributed by atoms with Gasteiger partial charge in [-0.2, -0.15) is 0 Å². The number of carbonyl (C=O) groups excluding carboxylic acids is 1. The van der Waals surface area contributed by atoms with Gasteiger partial charge in [-0.1, -0.05) is 28.1 Å². The lowest BCUT2D eigenvalue weighted by Crippen LogP contribution is -2.46. The minimum absolute atomic E-state index is 0.0195. The molecule has 0 atom stereocenters. The maximum atomic E-state index is 12.1. The van der Waals surface area contributed by atoms with E-state index in [1.165, 1.54) is 5.39 Å². The van der Waals surface area contributed by atoms with E-state index in [4.69, 9.17) is 4.74 Å². The van der Waals surface area contributed by atoms with Gasteiger partial charge in [-0.15, -0.1) is 0 Å². The highest BCUT2D eigenvalue weighted by Gasteiger charge is 2.19. The molecule has 27 heavy (non-hydrogen) atoms. The number of halogens is 1. The maximum absolute atomic E-state index is 12.1. The molecule has 0 aliphatic heterocycles. The molecule has 2 aromatic carbocycles. The fraction of sp³-hybridized carbons (Fsp3) is 0.429. The van der Waals surface area contributed by atoms with Crippen molar-refractivity contribution in [3.05, 3.63) is 40.9 Å². The van der Waals surface area contributed by atoms with Crippen LogP contribution in [0.3, 0.4) is 0 Å². The number of ether oxygens (including phenoxy) is 1. The first-order valence-electron chi connectivity index (χ1n) is 9.05. The quantitative estimate of drug-likeness (QED) is 0.365. The number of hydrogen-bond acceptors (Lipinski definition) is 3. The van der Waals surface area contributed by atoms with Gasteiger partial charge < -0.3 is 15.0 Å². The van der Waals surface area contributed by atoms with Crippen LogP contribution in [0.4, 0.5) is 0 Å². The summed E-state index contributed by atoms with van der Waals surface area (Å²) in [5, 5.41) is 5.32. The molecule has 1 amide bonds. The first-order valence-corrected chi connectivity index (χ1v) is 9.84. The number of benzene rings is 2. The van der Waals surface area contributed by atoms with E-state index < -0.39 is 0 Å².